The molecule has 0 aliphatic heterocycles. The molecule has 2 aromatic rings. The van der Waals surface area contributed by atoms with Crippen molar-refractivity contribution in [1.82, 2.24) is 10.2 Å². The van der Waals surface area contributed by atoms with Crippen molar-refractivity contribution >= 4 is 23.0 Å². The molecule has 1 aromatic carbocycles. The number of aromatic nitrogens is 2. The molecule has 1 aromatic heterocycles. The van der Waals surface area contributed by atoms with Crippen molar-refractivity contribution in [3.8, 4) is 0 Å². The van der Waals surface area contributed by atoms with E-state index in [0.29, 0.717) is 5.15 Å². The van der Waals surface area contributed by atoms with E-state index in [4.69, 9.17) is 11.6 Å². The average Bonchev–Trinajstić information content (AvgIpc) is 2.19. The van der Waals surface area contributed by atoms with Gasteiger partial charge in [0.25, 0.3) is 0 Å². The van der Waals surface area contributed by atoms with Crippen molar-refractivity contribution in [2.24, 2.45) is 0 Å². The van der Waals surface area contributed by atoms with Crippen LogP contribution in [0.15, 0.2) is 42.6 Å². The number of nitrogens with one attached hydrogen (secondary N) is 1. The topological polar surface area (TPSA) is 37.8 Å². The molecular formula is C10H8ClN3. The SMILES string of the molecule is Clc1cc(Nc2ccccc2)cnn1. The monoisotopic (exact) mass is 205 g/mol. The third-order valence-corrected chi connectivity index (χ3v) is 1.87. The molecule has 0 fully saturated rings. The molecule has 0 aliphatic carbocycles. The predicted octanol–water partition coefficient (Wildman–Crippen LogP) is 2.87. The fourth-order valence-electron chi connectivity index (χ4n) is 1.10. The Bertz CT molecular complexity index is 417. The minimum absolute atomic E-state index is 0.380. The molecule has 0 unspecified atom stereocenters. The van der Waals surface area contributed by atoms with Gasteiger partial charge in [0.2, 0.25) is 0 Å². The van der Waals surface area contributed by atoms with Gasteiger partial charge in [-0.25, -0.2) is 0 Å². The van der Waals surface area contributed by atoms with E-state index in [1.165, 1.54) is 0 Å². The van der Waals surface area contributed by atoms with E-state index in [0.717, 1.165) is 11.4 Å². The lowest BCUT2D eigenvalue weighted by molar-refractivity contribution is 1.03. The van der Waals surface area contributed by atoms with E-state index in [1.807, 2.05) is 30.3 Å². The second kappa shape index (κ2) is 4.07. The van der Waals surface area contributed by atoms with E-state index < -0.39 is 0 Å². The van der Waals surface area contributed by atoms with Crippen LogP contribution in [-0.2, 0) is 0 Å². The zero-order valence-corrected chi connectivity index (χ0v) is 8.07. The first-order valence-corrected chi connectivity index (χ1v) is 4.53. The summed E-state index contributed by atoms with van der Waals surface area (Å²) < 4.78 is 0. The van der Waals surface area contributed by atoms with Crippen LogP contribution in [0.25, 0.3) is 0 Å². The van der Waals surface area contributed by atoms with Crippen molar-refractivity contribution in [2.75, 3.05) is 5.32 Å². The molecule has 1 N–H and O–H groups in total. The van der Waals surface area contributed by atoms with Crippen molar-refractivity contribution in [1.29, 1.82) is 0 Å². The Kier molecular flexibility index (Phi) is 2.60. The Morgan fingerprint density at radius 3 is 2.57 bits per heavy atom. The molecule has 0 amide bonds. The molecule has 0 spiro atoms. The number of hydrogen-bond donors (Lipinski definition) is 1. The fraction of sp³-hybridized carbons (Fsp3) is 0. The standard InChI is InChI=1S/C10H8ClN3/c11-10-6-9(7-12-14-10)13-8-4-2-1-3-5-8/h1-7H,(H,13,14). The van der Waals surface area contributed by atoms with Gasteiger partial charge in [0.15, 0.2) is 5.15 Å². The molecule has 0 bridgehead atoms. The second-order valence-corrected chi connectivity index (χ2v) is 3.15. The van der Waals surface area contributed by atoms with Gasteiger partial charge in [-0.3, -0.25) is 0 Å². The van der Waals surface area contributed by atoms with Crippen LogP contribution in [0.4, 0.5) is 11.4 Å². The number of rotatable bonds is 2. The van der Waals surface area contributed by atoms with Gasteiger partial charge in [-0.2, -0.15) is 5.10 Å². The number of benzene rings is 1. The zero-order valence-electron chi connectivity index (χ0n) is 7.31. The van der Waals surface area contributed by atoms with Gasteiger partial charge in [0, 0.05) is 11.8 Å². The van der Waals surface area contributed by atoms with Crippen LogP contribution in [0, 0.1) is 0 Å². The molecule has 0 saturated carbocycles. The van der Waals surface area contributed by atoms with E-state index in [9.17, 15) is 0 Å². The lowest BCUT2D eigenvalue weighted by Crippen LogP contribution is -1.91. The number of para-hydroxylation sites is 1. The van der Waals surface area contributed by atoms with Crippen molar-refractivity contribution in [2.45, 2.75) is 0 Å². The van der Waals surface area contributed by atoms with Crippen LogP contribution in [0.5, 0.6) is 0 Å². The highest BCUT2D eigenvalue weighted by Crippen LogP contribution is 2.16. The largest absolute Gasteiger partial charge is 0.354 e. The Hall–Kier alpha value is -1.61. The Labute approximate surface area is 86.7 Å². The first-order valence-electron chi connectivity index (χ1n) is 4.15. The van der Waals surface area contributed by atoms with Crippen LogP contribution >= 0.6 is 11.6 Å². The molecule has 4 heteroatoms. The molecule has 1 heterocycles. The molecular weight excluding hydrogens is 198 g/mol. The van der Waals surface area contributed by atoms with Gasteiger partial charge in [-0.05, 0) is 12.1 Å². The first-order chi connectivity index (χ1) is 6.84. The summed E-state index contributed by atoms with van der Waals surface area (Å²) in [5, 5.41) is 10.9. The van der Waals surface area contributed by atoms with Crippen LogP contribution < -0.4 is 5.32 Å². The van der Waals surface area contributed by atoms with Crippen molar-refractivity contribution in [3.63, 3.8) is 0 Å². The lowest BCUT2D eigenvalue weighted by atomic mass is 10.3. The summed E-state index contributed by atoms with van der Waals surface area (Å²) in [6.45, 7) is 0. The Balaban J connectivity index is 2.19. The lowest BCUT2D eigenvalue weighted by Gasteiger charge is -2.04. The molecule has 0 radical (unpaired) electrons. The maximum atomic E-state index is 5.70. The Morgan fingerprint density at radius 1 is 1.07 bits per heavy atom. The summed E-state index contributed by atoms with van der Waals surface area (Å²) in [4.78, 5) is 0. The first kappa shape index (κ1) is 8.97. The van der Waals surface area contributed by atoms with Gasteiger partial charge in [0.1, 0.15) is 0 Å². The Morgan fingerprint density at radius 2 is 1.86 bits per heavy atom. The number of anilines is 2. The van der Waals surface area contributed by atoms with E-state index in [2.05, 4.69) is 15.5 Å². The summed E-state index contributed by atoms with van der Waals surface area (Å²) >= 11 is 5.70. The molecule has 2 rings (SSSR count). The van der Waals surface area contributed by atoms with Crippen molar-refractivity contribution in [3.05, 3.63) is 47.7 Å². The highest BCUT2D eigenvalue weighted by atomic mass is 35.5. The highest BCUT2D eigenvalue weighted by Gasteiger charge is 1.95. The van der Waals surface area contributed by atoms with Gasteiger partial charge in [-0.15, -0.1) is 5.10 Å². The van der Waals surface area contributed by atoms with E-state index in [1.54, 1.807) is 12.3 Å². The third kappa shape index (κ3) is 2.20. The average molecular weight is 206 g/mol. The van der Waals surface area contributed by atoms with Gasteiger partial charge < -0.3 is 5.32 Å². The third-order valence-electron chi connectivity index (χ3n) is 1.69. The number of nitrogens with zero attached hydrogens (tertiary/aromatic N) is 2. The minimum atomic E-state index is 0.380. The van der Waals surface area contributed by atoms with Crippen LogP contribution in [0.2, 0.25) is 5.15 Å². The maximum absolute atomic E-state index is 5.70. The quantitative estimate of drug-likeness (QED) is 0.819. The summed E-state index contributed by atoms with van der Waals surface area (Å²) in [5.41, 5.74) is 1.83. The van der Waals surface area contributed by atoms with E-state index in [-0.39, 0.29) is 0 Å². The molecule has 0 aliphatic rings. The fourth-order valence-corrected chi connectivity index (χ4v) is 1.26. The highest BCUT2D eigenvalue weighted by molar-refractivity contribution is 6.29. The minimum Gasteiger partial charge on any atom is -0.354 e. The predicted molar refractivity (Wildman–Crippen MR) is 56.8 cm³/mol. The normalized spacial score (nSPS) is 9.79. The molecule has 0 atom stereocenters. The van der Waals surface area contributed by atoms with Gasteiger partial charge in [-0.1, -0.05) is 29.8 Å². The summed E-state index contributed by atoms with van der Waals surface area (Å²) in [6, 6.07) is 11.5. The van der Waals surface area contributed by atoms with E-state index >= 15 is 0 Å². The summed E-state index contributed by atoms with van der Waals surface area (Å²) in [7, 11) is 0. The van der Waals surface area contributed by atoms with Crippen LogP contribution in [-0.4, -0.2) is 10.2 Å². The number of halogens is 1. The summed E-state index contributed by atoms with van der Waals surface area (Å²) in [5.74, 6) is 0. The summed E-state index contributed by atoms with van der Waals surface area (Å²) in [6.07, 6.45) is 1.62. The van der Waals surface area contributed by atoms with Gasteiger partial charge in [0.05, 0.1) is 11.9 Å². The van der Waals surface area contributed by atoms with Crippen LogP contribution in [0.1, 0.15) is 0 Å². The maximum Gasteiger partial charge on any atom is 0.153 e. The van der Waals surface area contributed by atoms with Crippen molar-refractivity contribution < 1.29 is 0 Å². The molecule has 0 saturated heterocycles. The molecule has 3 nitrogen and oxygen atoms in total. The molecule has 70 valence electrons. The number of hydrogen-bond acceptors (Lipinski definition) is 3. The second-order valence-electron chi connectivity index (χ2n) is 2.76. The smallest absolute Gasteiger partial charge is 0.153 e. The zero-order chi connectivity index (χ0) is 9.80. The van der Waals surface area contributed by atoms with Crippen LogP contribution in [0.3, 0.4) is 0 Å². The van der Waals surface area contributed by atoms with Gasteiger partial charge >= 0.3 is 0 Å². The molecule has 14 heavy (non-hydrogen) atoms.